The summed E-state index contributed by atoms with van der Waals surface area (Å²) >= 11 is 0. The number of carbonyl (C=O) groups excluding carboxylic acids is 2. The second kappa shape index (κ2) is 10.2. The summed E-state index contributed by atoms with van der Waals surface area (Å²) in [4.78, 5) is 33.6. The molecule has 7 nitrogen and oxygen atoms in total. The van der Waals surface area contributed by atoms with Gasteiger partial charge in [-0.2, -0.15) is 0 Å². The molecule has 0 heterocycles. The second-order valence-corrected chi connectivity index (χ2v) is 5.95. The van der Waals surface area contributed by atoms with Crippen LogP contribution in [0.5, 0.6) is 0 Å². The van der Waals surface area contributed by atoms with Crippen molar-refractivity contribution < 1.29 is 24.6 Å². The zero-order valence-electron chi connectivity index (χ0n) is 13.4. The fourth-order valence-electron chi connectivity index (χ4n) is 2.16. The van der Waals surface area contributed by atoms with Gasteiger partial charge in [-0.1, -0.05) is 32.6 Å². The lowest BCUT2D eigenvalue weighted by molar-refractivity contribution is -0.143. The monoisotopic (exact) mass is 316 g/mol. The average molecular weight is 316 g/mol. The molecule has 0 aliphatic rings. The summed E-state index contributed by atoms with van der Waals surface area (Å²) < 4.78 is 0. The van der Waals surface area contributed by atoms with Gasteiger partial charge >= 0.3 is 5.97 Å². The molecular weight excluding hydrogens is 288 g/mol. The minimum atomic E-state index is -1.22. The first-order chi connectivity index (χ1) is 10.2. The molecule has 0 aromatic heterocycles. The fourth-order valence-corrected chi connectivity index (χ4v) is 2.16. The molecule has 128 valence electrons. The molecule has 0 aliphatic heterocycles. The molecule has 0 rings (SSSR count). The minimum absolute atomic E-state index is 0.0605. The zero-order valence-corrected chi connectivity index (χ0v) is 13.4. The number of carboxylic acids is 1. The predicted octanol–water partition coefficient (Wildman–Crippen LogP) is 0.933. The number of carbonyl (C=O) groups is 3. The highest BCUT2D eigenvalue weighted by molar-refractivity contribution is 5.84. The van der Waals surface area contributed by atoms with Gasteiger partial charge in [-0.25, -0.2) is 4.79 Å². The first-order valence-electron chi connectivity index (χ1n) is 7.71. The average Bonchev–Trinajstić information content (AvgIpc) is 2.38. The van der Waals surface area contributed by atoms with Crippen molar-refractivity contribution >= 4 is 17.8 Å². The molecule has 22 heavy (non-hydrogen) atoms. The van der Waals surface area contributed by atoms with E-state index >= 15 is 0 Å². The lowest BCUT2D eigenvalue weighted by Crippen LogP contribution is -2.44. The van der Waals surface area contributed by atoms with Crippen molar-refractivity contribution in [1.29, 1.82) is 0 Å². The third-order valence-electron chi connectivity index (χ3n) is 3.42. The van der Waals surface area contributed by atoms with Crippen LogP contribution in [-0.2, 0) is 14.4 Å². The van der Waals surface area contributed by atoms with Gasteiger partial charge in [0.15, 0.2) is 0 Å². The molecule has 0 bridgehead atoms. The maximum atomic E-state index is 11.9. The van der Waals surface area contributed by atoms with Gasteiger partial charge in [0, 0.05) is 6.42 Å². The van der Waals surface area contributed by atoms with Gasteiger partial charge in [0.25, 0.3) is 0 Å². The first-order valence-corrected chi connectivity index (χ1v) is 7.71. The Hall–Kier alpha value is -1.63. The topological polar surface area (TPSA) is 130 Å². The molecule has 0 aromatic rings. The van der Waals surface area contributed by atoms with E-state index in [1.165, 1.54) is 0 Å². The normalized spacial score (nSPS) is 14.9. The maximum Gasteiger partial charge on any atom is 0.326 e. The molecule has 0 saturated heterocycles. The molecule has 5 N–H and O–H groups in total. The Morgan fingerprint density at radius 2 is 1.86 bits per heavy atom. The highest BCUT2D eigenvalue weighted by Gasteiger charge is 2.27. The van der Waals surface area contributed by atoms with E-state index in [-0.39, 0.29) is 19.3 Å². The van der Waals surface area contributed by atoms with E-state index in [2.05, 4.69) is 12.2 Å². The highest BCUT2D eigenvalue weighted by Crippen LogP contribution is 2.19. The Morgan fingerprint density at radius 1 is 1.23 bits per heavy atom. The van der Waals surface area contributed by atoms with Crippen LogP contribution in [0.15, 0.2) is 0 Å². The van der Waals surface area contributed by atoms with Crippen LogP contribution in [-0.4, -0.2) is 39.6 Å². The zero-order chi connectivity index (χ0) is 17.2. The maximum absolute atomic E-state index is 11.9. The quantitative estimate of drug-likeness (QED) is 0.398. The van der Waals surface area contributed by atoms with Crippen LogP contribution in [0.2, 0.25) is 0 Å². The minimum Gasteiger partial charge on any atom is -0.480 e. The number of rotatable bonds is 12. The van der Waals surface area contributed by atoms with Crippen molar-refractivity contribution in [2.24, 2.45) is 5.73 Å². The largest absolute Gasteiger partial charge is 0.480 e. The molecule has 0 saturated carbocycles. The van der Waals surface area contributed by atoms with Crippen molar-refractivity contribution in [1.82, 2.24) is 5.32 Å². The Kier molecular flexibility index (Phi) is 9.40. The molecule has 0 fully saturated rings. The van der Waals surface area contributed by atoms with Crippen molar-refractivity contribution in [3.63, 3.8) is 0 Å². The predicted molar refractivity (Wildman–Crippen MR) is 82.0 cm³/mol. The van der Waals surface area contributed by atoms with Crippen LogP contribution in [0.25, 0.3) is 0 Å². The van der Waals surface area contributed by atoms with Crippen molar-refractivity contribution in [2.45, 2.75) is 76.9 Å². The Balaban J connectivity index is 4.30. The van der Waals surface area contributed by atoms with Crippen LogP contribution >= 0.6 is 0 Å². The van der Waals surface area contributed by atoms with Gasteiger partial charge in [0.1, 0.15) is 6.04 Å². The van der Waals surface area contributed by atoms with Gasteiger partial charge in [0.2, 0.25) is 11.8 Å². The van der Waals surface area contributed by atoms with E-state index in [9.17, 15) is 19.5 Å². The van der Waals surface area contributed by atoms with Crippen LogP contribution in [0.4, 0.5) is 0 Å². The molecule has 0 aliphatic carbocycles. The summed E-state index contributed by atoms with van der Waals surface area (Å²) in [5, 5.41) is 21.5. The van der Waals surface area contributed by atoms with Crippen molar-refractivity contribution in [3.05, 3.63) is 0 Å². The van der Waals surface area contributed by atoms with Gasteiger partial charge in [-0.3, -0.25) is 9.59 Å². The van der Waals surface area contributed by atoms with Crippen LogP contribution in [0, 0.1) is 0 Å². The summed E-state index contributed by atoms with van der Waals surface area (Å²) in [6.07, 6.45) is 4.11. The Bertz CT molecular complexity index is 382. The van der Waals surface area contributed by atoms with E-state index in [1.54, 1.807) is 6.92 Å². The number of primary amides is 1. The van der Waals surface area contributed by atoms with Crippen LogP contribution in [0.1, 0.15) is 65.2 Å². The fraction of sp³-hybridized carbons (Fsp3) is 0.800. The summed E-state index contributed by atoms with van der Waals surface area (Å²) in [6.45, 7) is 3.65. The number of hydrogen-bond acceptors (Lipinski definition) is 4. The lowest BCUT2D eigenvalue weighted by atomic mass is 9.94. The number of aliphatic carboxylic acids is 1. The smallest absolute Gasteiger partial charge is 0.326 e. The third kappa shape index (κ3) is 10.1. The number of nitrogens with two attached hydrogens (primary N) is 1. The van der Waals surface area contributed by atoms with E-state index in [0.29, 0.717) is 6.42 Å². The van der Waals surface area contributed by atoms with E-state index in [1.807, 2.05) is 0 Å². The molecule has 0 spiro atoms. The SMILES string of the molecule is CCCCCCC(C)(O)CC(=O)NC(CCC(N)=O)C(=O)O. The molecule has 2 atom stereocenters. The molecule has 2 unspecified atom stereocenters. The number of amides is 2. The summed E-state index contributed by atoms with van der Waals surface area (Å²) in [5.41, 5.74) is 3.81. The van der Waals surface area contributed by atoms with Crippen LogP contribution < -0.4 is 11.1 Å². The number of carboxylic acid groups (broad SMARTS) is 1. The molecule has 0 radical (unpaired) electrons. The van der Waals surface area contributed by atoms with E-state index in [4.69, 9.17) is 10.8 Å². The molecular formula is C15H28N2O5. The lowest BCUT2D eigenvalue weighted by Gasteiger charge is -2.23. The van der Waals surface area contributed by atoms with E-state index < -0.39 is 29.4 Å². The van der Waals surface area contributed by atoms with E-state index in [0.717, 1.165) is 25.7 Å². The molecule has 0 aromatic carbocycles. The number of nitrogens with one attached hydrogen (secondary N) is 1. The van der Waals surface area contributed by atoms with Crippen LogP contribution in [0.3, 0.4) is 0 Å². The second-order valence-electron chi connectivity index (χ2n) is 5.95. The summed E-state index contributed by atoms with van der Waals surface area (Å²) in [7, 11) is 0. The number of unbranched alkanes of at least 4 members (excludes halogenated alkanes) is 3. The molecule has 7 heteroatoms. The summed E-state index contributed by atoms with van der Waals surface area (Å²) in [5.74, 6) is -2.39. The van der Waals surface area contributed by atoms with Gasteiger partial charge in [-0.15, -0.1) is 0 Å². The number of hydrogen-bond donors (Lipinski definition) is 4. The van der Waals surface area contributed by atoms with Crippen molar-refractivity contribution in [3.8, 4) is 0 Å². The van der Waals surface area contributed by atoms with Gasteiger partial charge < -0.3 is 21.3 Å². The summed E-state index contributed by atoms with van der Waals surface area (Å²) in [6, 6.07) is -1.17. The highest BCUT2D eigenvalue weighted by atomic mass is 16.4. The van der Waals surface area contributed by atoms with Gasteiger partial charge in [-0.05, 0) is 19.8 Å². The Labute approximate surface area is 131 Å². The number of aliphatic hydroxyl groups is 1. The molecule has 2 amide bonds. The van der Waals surface area contributed by atoms with Gasteiger partial charge in [0.05, 0.1) is 12.0 Å². The van der Waals surface area contributed by atoms with Crippen molar-refractivity contribution in [2.75, 3.05) is 0 Å². The Morgan fingerprint density at radius 3 is 2.36 bits per heavy atom. The standard InChI is InChI=1S/C15H28N2O5/c1-3-4-5-6-9-15(2,22)10-13(19)17-11(14(20)21)7-8-12(16)18/h11,22H,3-10H2,1-2H3,(H2,16,18)(H,17,19)(H,20,21). The first kappa shape index (κ1) is 20.4. The third-order valence-corrected chi connectivity index (χ3v) is 3.42.